The van der Waals surface area contributed by atoms with Crippen LogP contribution in [-0.4, -0.2) is 28.7 Å². The molecular weight excluding hydrogens is 296 g/mol. The van der Waals surface area contributed by atoms with Crippen molar-refractivity contribution < 1.29 is 19.1 Å². The Bertz CT molecular complexity index is 728. The molecule has 23 heavy (non-hydrogen) atoms. The molecule has 0 unspecified atom stereocenters. The molecule has 6 nitrogen and oxygen atoms in total. The van der Waals surface area contributed by atoms with Crippen molar-refractivity contribution >= 4 is 23.3 Å². The summed E-state index contributed by atoms with van der Waals surface area (Å²) >= 11 is 0. The van der Waals surface area contributed by atoms with Crippen molar-refractivity contribution in [3.05, 3.63) is 59.9 Å². The second kappa shape index (κ2) is 7.31. The third-order valence-electron chi connectivity index (χ3n) is 3.13. The van der Waals surface area contributed by atoms with E-state index in [1.54, 1.807) is 24.3 Å². The predicted molar refractivity (Wildman–Crippen MR) is 84.2 cm³/mol. The monoisotopic (exact) mass is 312 g/mol. The molecule has 0 radical (unpaired) electrons. The topological polar surface area (TPSA) is 85.4 Å². The highest BCUT2D eigenvalue weighted by molar-refractivity contribution is 6.05. The molecule has 0 aliphatic heterocycles. The van der Waals surface area contributed by atoms with E-state index < -0.39 is 18.0 Å². The first kappa shape index (κ1) is 16.4. The van der Waals surface area contributed by atoms with Gasteiger partial charge in [0.25, 0.3) is 5.91 Å². The maximum Gasteiger partial charge on any atom is 0.339 e. The standard InChI is InChI=1S/C17H16N2O4/c1-11(20)14-5-3-4-6-15(14)19-16(21)12(2)23-17(22)13-7-9-18-10-8-13/h3-10,12H,1-2H3,(H,19,21)/t12-/m0/s1. The van der Waals surface area contributed by atoms with Crippen molar-refractivity contribution in [3.8, 4) is 0 Å². The van der Waals surface area contributed by atoms with E-state index in [1.165, 1.54) is 38.4 Å². The highest BCUT2D eigenvalue weighted by atomic mass is 16.5. The van der Waals surface area contributed by atoms with Crippen molar-refractivity contribution in [2.75, 3.05) is 5.32 Å². The molecule has 0 aliphatic rings. The number of ketones is 1. The number of benzene rings is 1. The molecule has 2 rings (SSSR count). The molecule has 1 N–H and O–H groups in total. The zero-order chi connectivity index (χ0) is 16.8. The molecule has 1 aromatic heterocycles. The maximum atomic E-state index is 12.1. The number of aromatic nitrogens is 1. The van der Waals surface area contributed by atoms with Crippen LogP contribution < -0.4 is 5.32 Å². The normalized spacial score (nSPS) is 11.4. The number of carbonyl (C=O) groups excluding carboxylic acids is 3. The lowest BCUT2D eigenvalue weighted by molar-refractivity contribution is -0.123. The highest BCUT2D eigenvalue weighted by Crippen LogP contribution is 2.16. The quantitative estimate of drug-likeness (QED) is 0.677. The number of Topliss-reactive ketones (excluding diaryl/α,β-unsaturated/α-hetero) is 1. The first-order valence-corrected chi connectivity index (χ1v) is 7.01. The lowest BCUT2D eigenvalue weighted by atomic mass is 10.1. The van der Waals surface area contributed by atoms with Gasteiger partial charge in [0.1, 0.15) is 0 Å². The lowest BCUT2D eigenvalue weighted by Crippen LogP contribution is -2.30. The van der Waals surface area contributed by atoms with Gasteiger partial charge in [0.05, 0.1) is 11.3 Å². The van der Waals surface area contributed by atoms with E-state index in [-0.39, 0.29) is 5.78 Å². The zero-order valence-corrected chi connectivity index (χ0v) is 12.8. The minimum Gasteiger partial charge on any atom is -0.449 e. The number of hydrogen-bond donors (Lipinski definition) is 1. The molecule has 2 aromatic rings. The number of ether oxygens (including phenoxy) is 1. The molecule has 0 aliphatic carbocycles. The van der Waals surface area contributed by atoms with Gasteiger partial charge in [0.2, 0.25) is 0 Å². The van der Waals surface area contributed by atoms with Crippen molar-refractivity contribution in [1.82, 2.24) is 4.98 Å². The van der Waals surface area contributed by atoms with Crippen LogP contribution in [0.2, 0.25) is 0 Å². The lowest BCUT2D eigenvalue weighted by Gasteiger charge is -2.14. The van der Waals surface area contributed by atoms with Crippen LogP contribution >= 0.6 is 0 Å². The fraction of sp³-hybridized carbons (Fsp3) is 0.176. The first-order chi connectivity index (χ1) is 11.0. The van der Waals surface area contributed by atoms with Crippen LogP contribution in [0.25, 0.3) is 0 Å². The Kier molecular flexibility index (Phi) is 5.19. The van der Waals surface area contributed by atoms with Crippen molar-refractivity contribution in [1.29, 1.82) is 0 Å². The van der Waals surface area contributed by atoms with Crippen LogP contribution in [0.15, 0.2) is 48.8 Å². The fourth-order valence-electron chi connectivity index (χ4n) is 1.90. The fourth-order valence-corrected chi connectivity index (χ4v) is 1.90. The molecule has 0 saturated heterocycles. The smallest absolute Gasteiger partial charge is 0.339 e. The van der Waals surface area contributed by atoms with Crippen LogP contribution in [-0.2, 0) is 9.53 Å². The summed E-state index contributed by atoms with van der Waals surface area (Å²) in [6, 6.07) is 9.64. The van der Waals surface area contributed by atoms with E-state index in [0.717, 1.165) is 0 Å². The van der Waals surface area contributed by atoms with E-state index in [2.05, 4.69) is 10.3 Å². The van der Waals surface area contributed by atoms with Gasteiger partial charge in [-0.2, -0.15) is 0 Å². The van der Waals surface area contributed by atoms with Gasteiger partial charge in [0.15, 0.2) is 11.9 Å². The molecule has 0 spiro atoms. The van der Waals surface area contributed by atoms with E-state index in [4.69, 9.17) is 4.74 Å². The van der Waals surface area contributed by atoms with Crippen LogP contribution in [0.3, 0.4) is 0 Å². The maximum absolute atomic E-state index is 12.1. The predicted octanol–water partition coefficient (Wildman–Crippen LogP) is 2.47. The Morgan fingerprint density at radius 3 is 2.39 bits per heavy atom. The number of pyridine rings is 1. The Morgan fingerprint density at radius 2 is 1.74 bits per heavy atom. The Balaban J connectivity index is 2.04. The van der Waals surface area contributed by atoms with Crippen LogP contribution in [0, 0.1) is 0 Å². The SMILES string of the molecule is CC(=O)c1ccccc1NC(=O)[C@H](C)OC(=O)c1ccncc1. The first-order valence-electron chi connectivity index (χ1n) is 7.01. The van der Waals surface area contributed by atoms with E-state index in [9.17, 15) is 14.4 Å². The number of esters is 1. The number of para-hydroxylation sites is 1. The zero-order valence-electron chi connectivity index (χ0n) is 12.8. The summed E-state index contributed by atoms with van der Waals surface area (Å²) in [6.45, 7) is 2.88. The summed E-state index contributed by atoms with van der Waals surface area (Å²) in [5.41, 5.74) is 1.09. The number of amides is 1. The molecule has 1 atom stereocenters. The van der Waals surface area contributed by atoms with Gasteiger partial charge < -0.3 is 10.1 Å². The van der Waals surface area contributed by atoms with Crippen molar-refractivity contribution in [2.45, 2.75) is 20.0 Å². The average Bonchev–Trinajstić information content (AvgIpc) is 2.55. The molecule has 0 fully saturated rings. The van der Waals surface area contributed by atoms with Gasteiger partial charge in [-0.25, -0.2) is 4.79 Å². The highest BCUT2D eigenvalue weighted by Gasteiger charge is 2.20. The Hall–Kier alpha value is -3.02. The summed E-state index contributed by atoms with van der Waals surface area (Å²) in [6.07, 6.45) is 1.92. The van der Waals surface area contributed by atoms with E-state index >= 15 is 0 Å². The van der Waals surface area contributed by atoms with E-state index in [1.807, 2.05) is 0 Å². The van der Waals surface area contributed by atoms with Gasteiger partial charge in [-0.3, -0.25) is 14.6 Å². The van der Waals surface area contributed by atoms with Crippen molar-refractivity contribution in [2.24, 2.45) is 0 Å². The average molecular weight is 312 g/mol. The third-order valence-corrected chi connectivity index (χ3v) is 3.13. The van der Waals surface area contributed by atoms with Gasteiger partial charge in [-0.15, -0.1) is 0 Å². The molecule has 1 aromatic carbocycles. The van der Waals surface area contributed by atoms with Crippen LogP contribution in [0.5, 0.6) is 0 Å². The second-order valence-electron chi connectivity index (χ2n) is 4.87. The number of nitrogens with one attached hydrogen (secondary N) is 1. The molecule has 1 amide bonds. The number of anilines is 1. The molecule has 6 heteroatoms. The molecule has 0 saturated carbocycles. The number of rotatable bonds is 5. The van der Waals surface area contributed by atoms with Gasteiger partial charge in [-0.1, -0.05) is 12.1 Å². The summed E-state index contributed by atoms with van der Waals surface area (Å²) in [5, 5.41) is 2.60. The molecular formula is C17H16N2O4. The Morgan fingerprint density at radius 1 is 1.09 bits per heavy atom. The largest absolute Gasteiger partial charge is 0.449 e. The number of carbonyl (C=O) groups is 3. The summed E-state index contributed by atoms with van der Waals surface area (Å²) < 4.78 is 5.11. The summed E-state index contributed by atoms with van der Waals surface area (Å²) in [4.78, 5) is 39.4. The second-order valence-corrected chi connectivity index (χ2v) is 4.87. The van der Waals surface area contributed by atoms with Crippen molar-refractivity contribution in [3.63, 3.8) is 0 Å². The van der Waals surface area contributed by atoms with Crippen LogP contribution in [0.4, 0.5) is 5.69 Å². The third kappa shape index (κ3) is 4.23. The minimum atomic E-state index is -1.00. The van der Waals surface area contributed by atoms with Crippen LogP contribution in [0.1, 0.15) is 34.6 Å². The Labute approximate surface area is 133 Å². The molecule has 0 bridgehead atoms. The van der Waals surface area contributed by atoms with Gasteiger partial charge >= 0.3 is 5.97 Å². The molecule has 1 heterocycles. The summed E-state index contributed by atoms with van der Waals surface area (Å²) in [5.74, 6) is -1.29. The van der Waals surface area contributed by atoms with Gasteiger partial charge in [-0.05, 0) is 38.1 Å². The van der Waals surface area contributed by atoms with Gasteiger partial charge in [0, 0.05) is 18.0 Å². The summed E-state index contributed by atoms with van der Waals surface area (Å²) in [7, 11) is 0. The molecule has 118 valence electrons. The number of hydrogen-bond acceptors (Lipinski definition) is 5. The minimum absolute atomic E-state index is 0.165. The van der Waals surface area contributed by atoms with E-state index in [0.29, 0.717) is 16.8 Å². The number of nitrogens with zero attached hydrogens (tertiary/aromatic N) is 1.